The van der Waals surface area contributed by atoms with Gasteiger partial charge in [0.05, 0.1) is 0 Å². The molecule has 31 heavy (non-hydrogen) atoms. The summed E-state index contributed by atoms with van der Waals surface area (Å²) in [6, 6.07) is 18.3. The molecule has 1 heterocycles. The van der Waals surface area contributed by atoms with E-state index >= 15 is 0 Å². The molecule has 0 amide bonds. The third kappa shape index (κ3) is 8.22. The maximum absolute atomic E-state index is 6.11. The number of ether oxygens (including phenoxy) is 2. The van der Waals surface area contributed by atoms with Crippen molar-refractivity contribution < 1.29 is 9.47 Å². The van der Waals surface area contributed by atoms with Crippen LogP contribution in [0.25, 0.3) is 0 Å². The van der Waals surface area contributed by atoms with Gasteiger partial charge >= 0.3 is 0 Å². The summed E-state index contributed by atoms with van der Waals surface area (Å²) in [6.07, 6.45) is 2.23. The SMILES string of the molecule is CN=C(NCc1ccccc1OCCN(C)C)N1CCC(Oc2ccccc2)CC1.I. The number of para-hydroxylation sites is 2. The van der Waals surface area contributed by atoms with Crippen LogP contribution in [0.15, 0.2) is 59.6 Å². The van der Waals surface area contributed by atoms with Crippen molar-refractivity contribution in [2.75, 3.05) is 47.4 Å². The predicted octanol–water partition coefficient (Wildman–Crippen LogP) is 3.86. The van der Waals surface area contributed by atoms with E-state index in [1.54, 1.807) is 0 Å². The molecule has 0 unspecified atom stereocenters. The van der Waals surface area contributed by atoms with Gasteiger partial charge in [0, 0.05) is 51.6 Å². The number of piperidine rings is 1. The second kappa shape index (κ2) is 13.4. The number of nitrogens with zero attached hydrogens (tertiary/aromatic N) is 3. The Labute approximate surface area is 203 Å². The molecule has 0 spiro atoms. The van der Waals surface area contributed by atoms with Crippen LogP contribution in [0.5, 0.6) is 11.5 Å². The third-order valence-electron chi connectivity index (χ3n) is 5.20. The smallest absolute Gasteiger partial charge is 0.193 e. The van der Waals surface area contributed by atoms with Crippen molar-refractivity contribution in [3.05, 3.63) is 60.2 Å². The number of benzene rings is 2. The number of rotatable bonds is 8. The lowest BCUT2D eigenvalue weighted by Crippen LogP contribution is -2.47. The van der Waals surface area contributed by atoms with E-state index in [1.165, 1.54) is 0 Å². The number of halogens is 1. The molecular weight excluding hydrogens is 503 g/mol. The Bertz CT molecular complexity index is 793. The fraction of sp³-hybridized carbons (Fsp3) is 0.458. The molecule has 2 aromatic rings. The normalized spacial score (nSPS) is 14.8. The quantitative estimate of drug-likeness (QED) is 0.314. The van der Waals surface area contributed by atoms with Gasteiger partial charge in [-0.05, 0) is 32.3 Å². The van der Waals surface area contributed by atoms with Crippen LogP contribution >= 0.6 is 24.0 Å². The molecule has 0 radical (unpaired) electrons. The van der Waals surface area contributed by atoms with Gasteiger partial charge in [0.15, 0.2) is 5.96 Å². The number of likely N-dealkylation sites (N-methyl/N-ethyl adjacent to an activating group) is 1. The molecule has 1 aliphatic heterocycles. The van der Waals surface area contributed by atoms with Crippen LogP contribution in [0, 0.1) is 0 Å². The van der Waals surface area contributed by atoms with Gasteiger partial charge in [-0.2, -0.15) is 0 Å². The minimum absolute atomic E-state index is 0. The van der Waals surface area contributed by atoms with Crippen LogP contribution in [-0.4, -0.2) is 69.2 Å². The van der Waals surface area contributed by atoms with Crippen LogP contribution in [-0.2, 0) is 6.54 Å². The zero-order valence-corrected chi connectivity index (χ0v) is 21.1. The molecule has 1 fully saturated rings. The van der Waals surface area contributed by atoms with Crippen molar-refractivity contribution in [2.45, 2.75) is 25.5 Å². The van der Waals surface area contributed by atoms with E-state index in [0.717, 1.165) is 55.5 Å². The van der Waals surface area contributed by atoms with Crippen LogP contribution in [0.1, 0.15) is 18.4 Å². The van der Waals surface area contributed by atoms with Crippen LogP contribution in [0.3, 0.4) is 0 Å². The fourth-order valence-corrected chi connectivity index (χ4v) is 3.51. The van der Waals surface area contributed by atoms with Gasteiger partial charge in [-0.3, -0.25) is 4.99 Å². The lowest BCUT2D eigenvalue weighted by Gasteiger charge is -2.34. The Morgan fingerprint density at radius 2 is 1.74 bits per heavy atom. The second-order valence-corrected chi connectivity index (χ2v) is 7.78. The first-order chi connectivity index (χ1) is 14.7. The highest BCUT2D eigenvalue weighted by atomic mass is 127. The molecule has 1 saturated heterocycles. The summed E-state index contributed by atoms with van der Waals surface area (Å²) in [5, 5.41) is 3.50. The molecule has 170 valence electrons. The van der Waals surface area contributed by atoms with E-state index in [9.17, 15) is 0 Å². The van der Waals surface area contributed by atoms with Crippen molar-refractivity contribution in [2.24, 2.45) is 4.99 Å². The van der Waals surface area contributed by atoms with E-state index in [2.05, 4.69) is 40.3 Å². The van der Waals surface area contributed by atoms with Gasteiger partial charge in [0.1, 0.15) is 24.2 Å². The molecule has 0 bridgehead atoms. The molecule has 0 aliphatic carbocycles. The second-order valence-electron chi connectivity index (χ2n) is 7.78. The highest BCUT2D eigenvalue weighted by molar-refractivity contribution is 14.0. The molecule has 3 rings (SSSR count). The molecule has 7 heteroatoms. The largest absolute Gasteiger partial charge is 0.492 e. The molecule has 6 nitrogen and oxygen atoms in total. The summed E-state index contributed by atoms with van der Waals surface area (Å²) >= 11 is 0. The minimum Gasteiger partial charge on any atom is -0.492 e. The van der Waals surface area contributed by atoms with E-state index < -0.39 is 0 Å². The average molecular weight is 538 g/mol. The van der Waals surface area contributed by atoms with Gasteiger partial charge < -0.3 is 24.6 Å². The zero-order chi connectivity index (χ0) is 21.2. The highest BCUT2D eigenvalue weighted by Crippen LogP contribution is 2.20. The first-order valence-electron chi connectivity index (χ1n) is 10.7. The van der Waals surface area contributed by atoms with Crippen LogP contribution in [0.4, 0.5) is 0 Å². The minimum atomic E-state index is 0. The first-order valence-corrected chi connectivity index (χ1v) is 10.7. The lowest BCUT2D eigenvalue weighted by atomic mass is 10.1. The summed E-state index contributed by atoms with van der Waals surface area (Å²) in [5.41, 5.74) is 1.14. The molecule has 0 aromatic heterocycles. The van der Waals surface area contributed by atoms with E-state index in [1.807, 2.05) is 55.6 Å². The number of aliphatic imine (C=N–C) groups is 1. The predicted molar refractivity (Wildman–Crippen MR) is 138 cm³/mol. The number of hydrogen-bond donors (Lipinski definition) is 1. The van der Waals surface area contributed by atoms with E-state index in [4.69, 9.17) is 9.47 Å². The monoisotopic (exact) mass is 538 g/mol. The summed E-state index contributed by atoms with van der Waals surface area (Å²) in [5.74, 6) is 2.80. The molecule has 0 atom stereocenters. The molecule has 1 aliphatic rings. The summed E-state index contributed by atoms with van der Waals surface area (Å²) in [4.78, 5) is 8.92. The van der Waals surface area contributed by atoms with Crippen molar-refractivity contribution in [3.8, 4) is 11.5 Å². The zero-order valence-electron chi connectivity index (χ0n) is 18.8. The maximum Gasteiger partial charge on any atom is 0.193 e. The van der Waals surface area contributed by atoms with Gasteiger partial charge in [-0.1, -0.05) is 36.4 Å². The summed E-state index contributed by atoms with van der Waals surface area (Å²) < 4.78 is 12.1. The van der Waals surface area contributed by atoms with Gasteiger partial charge in [0.25, 0.3) is 0 Å². The topological polar surface area (TPSA) is 49.3 Å². The summed E-state index contributed by atoms with van der Waals surface area (Å²) in [6.45, 7) is 4.11. The van der Waals surface area contributed by atoms with Gasteiger partial charge in [-0.15, -0.1) is 24.0 Å². The standard InChI is InChI=1S/C24H34N4O2.HI/c1-25-24(26-19-20-9-7-8-12-23(20)29-18-17-27(2)3)28-15-13-22(14-16-28)30-21-10-5-4-6-11-21;/h4-12,22H,13-19H2,1-3H3,(H,25,26);1H. The van der Waals surface area contributed by atoms with Crippen LogP contribution < -0.4 is 14.8 Å². The van der Waals surface area contributed by atoms with Crippen molar-refractivity contribution in [3.63, 3.8) is 0 Å². The van der Waals surface area contributed by atoms with E-state index in [-0.39, 0.29) is 30.1 Å². The number of hydrogen-bond acceptors (Lipinski definition) is 4. The van der Waals surface area contributed by atoms with Gasteiger partial charge in [-0.25, -0.2) is 0 Å². The van der Waals surface area contributed by atoms with Crippen molar-refractivity contribution in [1.82, 2.24) is 15.1 Å². The maximum atomic E-state index is 6.11. The Balaban J connectivity index is 0.00000341. The molecular formula is C24H35IN4O2. The van der Waals surface area contributed by atoms with Crippen molar-refractivity contribution >= 4 is 29.9 Å². The fourth-order valence-electron chi connectivity index (χ4n) is 3.51. The third-order valence-corrected chi connectivity index (χ3v) is 5.20. The number of nitrogens with one attached hydrogen (secondary N) is 1. The molecule has 0 saturated carbocycles. The molecule has 1 N–H and O–H groups in total. The highest BCUT2D eigenvalue weighted by Gasteiger charge is 2.22. The first kappa shape index (κ1) is 25.3. The Morgan fingerprint density at radius 1 is 1.06 bits per heavy atom. The van der Waals surface area contributed by atoms with Gasteiger partial charge in [0.2, 0.25) is 0 Å². The lowest BCUT2D eigenvalue weighted by molar-refractivity contribution is 0.129. The molecule has 2 aromatic carbocycles. The number of likely N-dealkylation sites (tertiary alicyclic amines) is 1. The Morgan fingerprint density at radius 3 is 2.42 bits per heavy atom. The van der Waals surface area contributed by atoms with Crippen molar-refractivity contribution in [1.29, 1.82) is 0 Å². The summed E-state index contributed by atoms with van der Waals surface area (Å²) in [7, 11) is 5.94. The Hall–Kier alpha value is -2.00. The van der Waals surface area contributed by atoms with E-state index in [0.29, 0.717) is 13.2 Å². The number of guanidine groups is 1. The van der Waals surface area contributed by atoms with Crippen LogP contribution in [0.2, 0.25) is 0 Å². The average Bonchev–Trinajstić information content (AvgIpc) is 2.76. The Kier molecular flexibility index (Phi) is 10.9.